The summed E-state index contributed by atoms with van der Waals surface area (Å²) in [6.07, 6.45) is 0.926. The minimum atomic E-state index is -0.381. The molecule has 0 saturated heterocycles. The van der Waals surface area contributed by atoms with Gasteiger partial charge in [-0.25, -0.2) is 0 Å². The molecule has 0 aliphatic carbocycles. The summed E-state index contributed by atoms with van der Waals surface area (Å²) in [4.78, 5) is 15.4. The standard InChI is InChI=1S/C19H16ClN3O2S/c20-13-7-3-4-8-14(13)23-18(25)15(17(24)22-19(23)26)16-12-6-2-1-5-11(12)9-10-21-16/h1-8,16,21,25H,9-10H2,(H,22,24,26)/p+1/t16-/m1/s1. The van der Waals surface area contributed by atoms with E-state index in [9.17, 15) is 9.90 Å². The van der Waals surface area contributed by atoms with Gasteiger partial charge in [-0.3, -0.25) is 14.3 Å². The van der Waals surface area contributed by atoms with Crippen molar-refractivity contribution in [1.29, 1.82) is 0 Å². The van der Waals surface area contributed by atoms with Crippen molar-refractivity contribution in [1.82, 2.24) is 9.55 Å². The fourth-order valence-corrected chi connectivity index (χ4v) is 4.04. The molecule has 4 N–H and O–H groups in total. The first kappa shape index (κ1) is 17.0. The van der Waals surface area contributed by atoms with Crippen LogP contribution in [0.5, 0.6) is 5.88 Å². The van der Waals surface area contributed by atoms with Crippen molar-refractivity contribution < 1.29 is 10.4 Å². The molecule has 2 heterocycles. The van der Waals surface area contributed by atoms with E-state index in [1.165, 1.54) is 10.1 Å². The highest BCUT2D eigenvalue weighted by molar-refractivity contribution is 7.71. The number of hydrogen-bond acceptors (Lipinski definition) is 3. The lowest BCUT2D eigenvalue weighted by atomic mass is 9.90. The number of fused-ring (bicyclic) bond motifs is 1. The molecular weight excluding hydrogens is 370 g/mol. The molecule has 5 nitrogen and oxygen atoms in total. The third-order valence-electron chi connectivity index (χ3n) is 4.73. The summed E-state index contributed by atoms with van der Waals surface area (Å²) in [5.74, 6) is -0.176. The van der Waals surface area contributed by atoms with E-state index in [4.69, 9.17) is 23.8 Å². The Kier molecular flexibility index (Phi) is 4.40. The summed E-state index contributed by atoms with van der Waals surface area (Å²) in [6, 6.07) is 14.7. The lowest BCUT2D eigenvalue weighted by Crippen LogP contribution is -2.87. The van der Waals surface area contributed by atoms with Gasteiger partial charge in [0.25, 0.3) is 5.56 Å². The van der Waals surface area contributed by atoms with Gasteiger partial charge in [0, 0.05) is 12.0 Å². The Labute approximate surface area is 159 Å². The van der Waals surface area contributed by atoms with Gasteiger partial charge < -0.3 is 10.4 Å². The van der Waals surface area contributed by atoms with Crippen LogP contribution in [0.1, 0.15) is 22.7 Å². The van der Waals surface area contributed by atoms with Gasteiger partial charge in [-0.1, -0.05) is 48.0 Å². The van der Waals surface area contributed by atoms with E-state index in [2.05, 4.69) is 16.4 Å². The molecule has 0 fully saturated rings. The number of aromatic hydroxyl groups is 1. The molecular formula is C19H17ClN3O2S+. The molecule has 0 bridgehead atoms. The maximum Gasteiger partial charge on any atom is 0.265 e. The third-order valence-corrected chi connectivity index (χ3v) is 5.34. The molecule has 0 unspecified atom stereocenters. The number of aromatic amines is 1. The van der Waals surface area contributed by atoms with E-state index in [0.29, 0.717) is 10.7 Å². The number of halogens is 1. The molecule has 0 amide bonds. The number of rotatable bonds is 2. The van der Waals surface area contributed by atoms with Crippen LogP contribution in [0.4, 0.5) is 0 Å². The molecule has 7 heteroatoms. The lowest BCUT2D eigenvalue weighted by molar-refractivity contribution is -0.690. The molecule has 0 radical (unpaired) electrons. The van der Waals surface area contributed by atoms with E-state index < -0.39 is 0 Å². The van der Waals surface area contributed by atoms with E-state index in [1.54, 1.807) is 24.3 Å². The zero-order valence-electron chi connectivity index (χ0n) is 13.8. The second kappa shape index (κ2) is 6.72. The normalized spacial score (nSPS) is 16.3. The summed E-state index contributed by atoms with van der Waals surface area (Å²) < 4.78 is 1.52. The Hall–Kier alpha value is -2.41. The highest BCUT2D eigenvalue weighted by Crippen LogP contribution is 2.31. The monoisotopic (exact) mass is 386 g/mol. The molecule has 26 heavy (non-hydrogen) atoms. The third kappa shape index (κ3) is 2.76. The summed E-state index contributed by atoms with van der Waals surface area (Å²) >= 11 is 11.6. The minimum absolute atomic E-state index is 0.105. The number of aromatic nitrogens is 2. The van der Waals surface area contributed by atoms with Crippen LogP contribution in [0.2, 0.25) is 5.02 Å². The topological polar surface area (TPSA) is 74.6 Å². The highest BCUT2D eigenvalue weighted by atomic mass is 35.5. The van der Waals surface area contributed by atoms with Gasteiger partial charge in [-0.05, 0) is 29.9 Å². The van der Waals surface area contributed by atoms with Gasteiger partial charge in [-0.2, -0.15) is 0 Å². The van der Waals surface area contributed by atoms with Gasteiger partial charge in [0.15, 0.2) is 4.77 Å². The van der Waals surface area contributed by atoms with Crippen molar-refractivity contribution in [2.75, 3.05) is 6.54 Å². The summed E-state index contributed by atoms with van der Waals surface area (Å²) in [7, 11) is 0. The van der Waals surface area contributed by atoms with Crippen molar-refractivity contribution in [2.24, 2.45) is 0 Å². The van der Waals surface area contributed by atoms with E-state index in [-0.39, 0.29) is 27.8 Å². The maximum atomic E-state index is 12.7. The van der Waals surface area contributed by atoms with Crippen LogP contribution < -0.4 is 10.9 Å². The number of H-pyrrole nitrogens is 1. The van der Waals surface area contributed by atoms with Crippen LogP contribution in [-0.4, -0.2) is 21.2 Å². The quantitative estimate of drug-likeness (QED) is 0.592. The van der Waals surface area contributed by atoms with Crippen molar-refractivity contribution in [2.45, 2.75) is 12.5 Å². The number of benzene rings is 2. The van der Waals surface area contributed by atoms with Crippen molar-refractivity contribution >= 4 is 23.8 Å². The maximum absolute atomic E-state index is 12.7. The van der Waals surface area contributed by atoms with Crippen LogP contribution >= 0.6 is 23.8 Å². The van der Waals surface area contributed by atoms with E-state index >= 15 is 0 Å². The Morgan fingerprint density at radius 3 is 2.73 bits per heavy atom. The number of nitrogens with one attached hydrogen (secondary N) is 1. The fourth-order valence-electron chi connectivity index (χ4n) is 3.55. The van der Waals surface area contributed by atoms with E-state index in [0.717, 1.165) is 18.5 Å². The zero-order valence-corrected chi connectivity index (χ0v) is 15.3. The first-order chi connectivity index (χ1) is 12.6. The molecule has 132 valence electrons. The fraction of sp³-hybridized carbons (Fsp3) is 0.158. The molecule has 0 spiro atoms. The van der Waals surface area contributed by atoms with Gasteiger partial charge in [0.1, 0.15) is 11.6 Å². The molecule has 1 aliphatic rings. The number of quaternary nitrogens is 1. The Balaban J connectivity index is 1.98. The van der Waals surface area contributed by atoms with Gasteiger partial charge >= 0.3 is 0 Å². The van der Waals surface area contributed by atoms with Crippen LogP contribution in [-0.2, 0) is 6.42 Å². The number of nitrogens with two attached hydrogens (primary N) is 1. The first-order valence-corrected chi connectivity index (χ1v) is 9.11. The number of nitrogens with zero attached hydrogens (tertiary/aromatic N) is 1. The van der Waals surface area contributed by atoms with Gasteiger partial charge in [-0.15, -0.1) is 0 Å². The van der Waals surface area contributed by atoms with Crippen molar-refractivity contribution in [3.63, 3.8) is 0 Å². The summed E-state index contributed by atoms with van der Waals surface area (Å²) in [5.41, 5.74) is 2.64. The molecule has 4 rings (SSSR count). The zero-order chi connectivity index (χ0) is 18.3. The van der Waals surface area contributed by atoms with Crippen molar-refractivity contribution in [3.8, 4) is 11.6 Å². The predicted octanol–water partition coefficient (Wildman–Crippen LogP) is 2.46. The molecule has 1 aromatic heterocycles. The van der Waals surface area contributed by atoms with Crippen LogP contribution in [0.15, 0.2) is 53.3 Å². The smallest absolute Gasteiger partial charge is 0.265 e. The second-order valence-electron chi connectivity index (χ2n) is 6.23. The van der Waals surface area contributed by atoms with Crippen LogP contribution in [0.3, 0.4) is 0 Å². The average Bonchev–Trinajstić information content (AvgIpc) is 2.63. The average molecular weight is 387 g/mol. The van der Waals surface area contributed by atoms with Crippen LogP contribution in [0.25, 0.3) is 5.69 Å². The molecule has 1 atom stereocenters. The molecule has 2 aromatic carbocycles. The SMILES string of the molecule is O=c1[nH]c(=S)n(-c2ccccc2Cl)c(O)c1[C@@H]1[NH2+]CCc2ccccc21. The molecule has 0 saturated carbocycles. The van der Waals surface area contributed by atoms with Crippen LogP contribution in [0, 0.1) is 4.77 Å². The predicted molar refractivity (Wildman–Crippen MR) is 103 cm³/mol. The summed E-state index contributed by atoms with van der Waals surface area (Å²) in [6.45, 7) is 0.836. The Morgan fingerprint density at radius 2 is 1.92 bits per heavy atom. The second-order valence-corrected chi connectivity index (χ2v) is 7.03. The van der Waals surface area contributed by atoms with Gasteiger partial charge in [0.2, 0.25) is 5.88 Å². The Morgan fingerprint density at radius 1 is 1.19 bits per heavy atom. The van der Waals surface area contributed by atoms with Crippen molar-refractivity contribution in [3.05, 3.63) is 85.4 Å². The first-order valence-electron chi connectivity index (χ1n) is 8.32. The lowest BCUT2D eigenvalue weighted by Gasteiger charge is -2.25. The number of para-hydroxylation sites is 1. The van der Waals surface area contributed by atoms with E-state index in [1.807, 2.05) is 18.2 Å². The largest absolute Gasteiger partial charge is 0.494 e. The van der Waals surface area contributed by atoms with Gasteiger partial charge in [0.05, 0.1) is 17.3 Å². The highest BCUT2D eigenvalue weighted by Gasteiger charge is 2.31. The Bertz CT molecular complexity index is 1110. The summed E-state index contributed by atoms with van der Waals surface area (Å²) in [5, 5.41) is 13.5. The molecule has 3 aromatic rings. The number of hydrogen-bond donors (Lipinski definition) is 3. The minimum Gasteiger partial charge on any atom is -0.494 e. The molecule has 1 aliphatic heterocycles.